The van der Waals surface area contributed by atoms with Gasteiger partial charge in [-0.05, 0) is 45.4 Å². The van der Waals surface area contributed by atoms with E-state index >= 15 is 0 Å². The number of sulfone groups is 1. The van der Waals surface area contributed by atoms with E-state index in [0.29, 0.717) is 32.2 Å². The molecular formula is C19H29F2N3O4S. The van der Waals surface area contributed by atoms with Crippen LogP contribution in [0.1, 0.15) is 33.3 Å². The molecule has 0 bridgehead atoms. The minimum Gasteiger partial charge on any atom is -0.490 e. The Bertz CT molecular complexity index is 829. The van der Waals surface area contributed by atoms with Crippen molar-refractivity contribution in [1.82, 2.24) is 10.2 Å². The lowest BCUT2D eigenvalue weighted by Gasteiger charge is -2.39. The minimum absolute atomic E-state index is 0.0236. The van der Waals surface area contributed by atoms with Crippen LogP contribution < -0.4 is 14.8 Å². The lowest BCUT2D eigenvalue weighted by molar-refractivity contribution is -0.0514. The van der Waals surface area contributed by atoms with E-state index in [1.54, 1.807) is 32.9 Å². The quantitative estimate of drug-likeness (QED) is 0.526. The Morgan fingerprint density at radius 2 is 2.03 bits per heavy atom. The van der Waals surface area contributed by atoms with Gasteiger partial charge in [0.05, 0.1) is 23.7 Å². The fourth-order valence-corrected chi connectivity index (χ4v) is 4.39. The Hall–Kier alpha value is -2.10. The number of alkyl halides is 2. The van der Waals surface area contributed by atoms with E-state index in [2.05, 4.69) is 15.0 Å². The van der Waals surface area contributed by atoms with E-state index in [1.807, 2.05) is 11.8 Å². The third-order valence-electron chi connectivity index (χ3n) is 4.61. The third-order valence-corrected chi connectivity index (χ3v) is 7.15. The highest BCUT2D eigenvalue weighted by Gasteiger charge is 2.40. The summed E-state index contributed by atoms with van der Waals surface area (Å²) in [6.07, 6.45) is 0. The number of nitrogens with zero attached hydrogens (tertiary/aromatic N) is 2. The van der Waals surface area contributed by atoms with Crippen molar-refractivity contribution in [3.05, 3.63) is 23.8 Å². The van der Waals surface area contributed by atoms with Crippen molar-refractivity contribution < 1.29 is 26.7 Å². The summed E-state index contributed by atoms with van der Waals surface area (Å²) in [6, 6.07) is 4.71. The van der Waals surface area contributed by atoms with Crippen LogP contribution in [-0.4, -0.2) is 62.6 Å². The van der Waals surface area contributed by atoms with Crippen LogP contribution in [0.4, 0.5) is 8.78 Å². The van der Waals surface area contributed by atoms with Crippen LogP contribution in [0.3, 0.4) is 0 Å². The van der Waals surface area contributed by atoms with E-state index in [9.17, 15) is 17.2 Å². The maximum atomic E-state index is 12.5. The smallest absolute Gasteiger partial charge is 0.387 e. The van der Waals surface area contributed by atoms with E-state index in [-0.39, 0.29) is 23.8 Å². The number of guanidine groups is 1. The summed E-state index contributed by atoms with van der Waals surface area (Å²) in [7, 11) is -3.15. The molecule has 0 aliphatic carbocycles. The van der Waals surface area contributed by atoms with Crippen LogP contribution in [0.25, 0.3) is 0 Å². The maximum Gasteiger partial charge on any atom is 0.387 e. The first-order chi connectivity index (χ1) is 13.6. The molecule has 1 aliphatic heterocycles. The molecule has 1 aromatic rings. The molecule has 2 rings (SSSR count). The summed E-state index contributed by atoms with van der Waals surface area (Å²) in [5, 5.41) is 3.19. The molecule has 1 saturated heterocycles. The predicted octanol–water partition coefficient (Wildman–Crippen LogP) is 2.66. The number of hydrogen-bond acceptors (Lipinski definition) is 5. The van der Waals surface area contributed by atoms with E-state index in [4.69, 9.17) is 4.74 Å². The van der Waals surface area contributed by atoms with Gasteiger partial charge in [-0.3, -0.25) is 0 Å². The zero-order valence-electron chi connectivity index (χ0n) is 17.2. The highest BCUT2D eigenvalue weighted by atomic mass is 32.2. The second-order valence-electron chi connectivity index (χ2n) is 7.26. The van der Waals surface area contributed by atoms with Crippen molar-refractivity contribution in [2.45, 2.75) is 45.6 Å². The van der Waals surface area contributed by atoms with Gasteiger partial charge in [0.1, 0.15) is 0 Å². The highest BCUT2D eigenvalue weighted by molar-refractivity contribution is 7.92. The first kappa shape index (κ1) is 23.2. The molecule has 0 saturated carbocycles. The Morgan fingerprint density at radius 1 is 1.31 bits per heavy atom. The lowest BCUT2D eigenvalue weighted by Crippen LogP contribution is -2.57. The van der Waals surface area contributed by atoms with Crippen molar-refractivity contribution >= 4 is 15.8 Å². The summed E-state index contributed by atoms with van der Waals surface area (Å²) >= 11 is 0. The van der Waals surface area contributed by atoms with Gasteiger partial charge in [-0.15, -0.1) is 0 Å². The molecule has 1 fully saturated rings. The summed E-state index contributed by atoms with van der Waals surface area (Å²) in [5.74, 6) is 0.889. The number of ether oxygens (including phenoxy) is 2. The van der Waals surface area contributed by atoms with Crippen molar-refractivity contribution in [2.24, 2.45) is 4.99 Å². The second-order valence-corrected chi connectivity index (χ2v) is 10.0. The topological polar surface area (TPSA) is 80.2 Å². The molecule has 0 amide bonds. The standard InChI is InChI=1S/C19H29F2N3O4S/c1-5-22-18(24-9-10-29(25,26)19(3,4)13-24)23-12-14-7-8-15(28-17(20)21)16(11-14)27-6-2/h7-8,11,17H,5-6,9-10,12-13H2,1-4H3,(H,22,23). The van der Waals surface area contributed by atoms with Gasteiger partial charge in [0.2, 0.25) is 0 Å². The van der Waals surface area contributed by atoms with Gasteiger partial charge >= 0.3 is 6.61 Å². The summed E-state index contributed by atoms with van der Waals surface area (Å²) in [6.45, 7) is 6.12. The Balaban J connectivity index is 2.21. The SMILES string of the molecule is CCNC(=NCc1ccc(OC(F)F)c(OCC)c1)N1CCS(=O)(=O)C(C)(C)C1. The molecule has 0 atom stereocenters. The average Bonchev–Trinajstić information content (AvgIpc) is 2.63. The largest absolute Gasteiger partial charge is 0.490 e. The van der Waals surface area contributed by atoms with Gasteiger partial charge in [0, 0.05) is 19.6 Å². The van der Waals surface area contributed by atoms with Crippen LogP contribution in [0, 0.1) is 0 Å². The van der Waals surface area contributed by atoms with Crippen LogP contribution in [0.2, 0.25) is 0 Å². The third kappa shape index (κ3) is 5.94. The zero-order chi connectivity index (χ0) is 21.7. The molecular weight excluding hydrogens is 404 g/mol. The number of benzene rings is 1. The number of aliphatic imine (C=N–C) groups is 1. The van der Waals surface area contributed by atoms with Crippen LogP contribution in [0.15, 0.2) is 23.2 Å². The molecule has 0 spiro atoms. The molecule has 29 heavy (non-hydrogen) atoms. The fraction of sp³-hybridized carbons (Fsp3) is 0.632. The summed E-state index contributed by atoms with van der Waals surface area (Å²) in [4.78, 5) is 6.54. The van der Waals surface area contributed by atoms with Crippen LogP contribution in [-0.2, 0) is 16.4 Å². The molecule has 10 heteroatoms. The van der Waals surface area contributed by atoms with Gasteiger partial charge in [0.15, 0.2) is 27.3 Å². The molecule has 1 heterocycles. The molecule has 1 aromatic carbocycles. The molecule has 1 N–H and O–H groups in total. The van der Waals surface area contributed by atoms with E-state index in [1.165, 1.54) is 6.07 Å². The highest BCUT2D eigenvalue weighted by Crippen LogP contribution is 2.30. The minimum atomic E-state index is -3.15. The summed E-state index contributed by atoms with van der Waals surface area (Å²) < 4.78 is 58.6. The van der Waals surface area contributed by atoms with Gasteiger partial charge in [-0.1, -0.05) is 6.07 Å². The van der Waals surface area contributed by atoms with Gasteiger partial charge < -0.3 is 19.7 Å². The second kappa shape index (κ2) is 9.60. The Labute approximate surface area is 171 Å². The van der Waals surface area contributed by atoms with Gasteiger partial charge in [-0.2, -0.15) is 8.78 Å². The Kier molecular flexibility index (Phi) is 7.67. The number of halogens is 2. The molecule has 7 nitrogen and oxygen atoms in total. The van der Waals surface area contributed by atoms with Gasteiger partial charge in [0.25, 0.3) is 0 Å². The predicted molar refractivity (Wildman–Crippen MR) is 108 cm³/mol. The molecule has 1 aliphatic rings. The average molecular weight is 434 g/mol. The Morgan fingerprint density at radius 3 is 2.62 bits per heavy atom. The number of rotatable bonds is 7. The normalized spacial score (nSPS) is 18.6. The molecule has 0 unspecified atom stereocenters. The monoisotopic (exact) mass is 433 g/mol. The van der Waals surface area contributed by atoms with Crippen molar-refractivity contribution in [3.8, 4) is 11.5 Å². The lowest BCUT2D eigenvalue weighted by atomic mass is 10.2. The first-order valence-corrected chi connectivity index (χ1v) is 11.2. The molecule has 164 valence electrons. The summed E-state index contributed by atoms with van der Waals surface area (Å²) in [5.41, 5.74) is 0.759. The molecule has 0 aromatic heterocycles. The van der Waals surface area contributed by atoms with Crippen molar-refractivity contribution in [3.63, 3.8) is 0 Å². The first-order valence-electron chi connectivity index (χ1n) is 9.55. The van der Waals surface area contributed by atoms with Crippen molar-refractivity contribution in [2.75, 3.05) is 32.0 Å². The van der Waals surface area contributed by atoms with Crippen LogP contribution in [0.5, 0.6) is 11.5 Å². The number of nitrogens with one attached hydrogen (secondary N) is 1. The fourth-order valence-electron chi connectivity index (χ4n) is 3.03. The number of hydrogen-bond donors (Lipinski definition) is 1. The van der Waals surface area contributed by atoms with E-state index < -0.39 is 21.2 Å². The van der Waals surface area contributed by atoms with E-state index in [0.717, 1.165) is 5.56 Å². The molecule has 0 radical (unpaired) electrons. The van der Waals surface area contributed by atoms with Gasteiger partial charge in [-0.25, -0.2) is 13.4 Å². The van der Waals surface area contributed by atoms with Crippen LogP contribution >= 0.6 is 0 Å². The van der Waals surface area contributed by atoms with Crippen molar-refractivity contribution in [1.29, 1.82) is 0 Å². The maximum absolute atomic E-state index is 12.5. The zero-order valence-corrected chi connectivity index (χ0v) is 18.1.